The highest BCUT2D eigenvalue weighted by atomic mass is 16.3. The van der Waals surface area contributed by atoms with Crippen molar-refractivity contribution in [3.8, 4) is 33.4 Å². The Morgan fingerprint density at radius 3 is 1.80 bits per heavy atom. The van der Waals surface area contributed by atoms with Crippen LogP contribution in [0.15, 0.2) is 205 Å². The zero-order valence-electron chi connectivity index (χ0n) is 32.9. The fourth-order valence-electron chi connectivity index (χ4n) is 10.1. The maximum atomic E-state index is 6.41. The van der Waals surface area contributed by atoms with Crippen molar-refractivity contribution in [1.29, 1.82) is 0 Å². The lowest BCUT2D eigenvalue weighted by atomic mass is 9.82. The minimum atomic E-state index is -0.129. The molecule has 0 spiro atoms. The second-order valence-corrected chi connectivity index (χ2v) is 16.4. The zero-order chi connectivity index (χ0) is 39.2. The minimum Gasteiger partial charge on any atom is -0.456 e. The van der Waals surface area contributed by atoms with Crippen molar-refractivity contribution in [3.05, 3.63) is 211 Å². The average molecular weight is 754 g/mol. The van der Waals surface area contributed by atoms with Crippen LogP contribution in [0.2, 0.25) is 0 Å². The number of nitrogens with zero attached hydrogens (tertiary/aromatic N) is 1. The molecule has 0 atom stereocenters. The first-order chi connectivity index (χ1) is 29.0. The van der Waals surface area contributed by atoms with Gasteiger partial charge in [-0.15, -0.1) is 0 Å². The molecule has 0 radical (unpaired) electrons. The van der Waals surface area contributed by atoms with Crippen LogP contribution in [0.3, 0.4) is 0 Å². The maximum absolute atomic E-state index is 6.41. The van der Waals surface area contributed by atoms with Gasteiger partial charge in [-0.05, 0) is 114 Å². The molecule has 1 aliphatic carbocycles. The van der Waals surface area contributed by atoms with Gasteiger partial charge in [0, 0.05) is 38.5 Å². The number of rotatable bonds is 5. The standard InChI is InChI=1S/C57H39NO/c1-57(2)49-27-11-8-21-42(49)43-31-30-39(35-50(43)57)58(51-28-12-9-20-40(51)36-16-4-3-5-17-36)38-19-14-18-37(34-38)41-25-15-26-45-47-32-33-53-56(48-24-10-13-29-52(48)59-53)55(47)46-23-7-6-22-44(46)54(41)45/h3-35H,1-2H3. The van der Waals surface area contributed by atoms with Crippen molar-refractivity contribution in [3.63, 3.8) is 0 Å². The Hall–Kier alpha value is -7.42. The van der Waals surface area contributed by atoms with E-state index in [4.69, 9.17) is 4.42 Å². The molecule has 0 N–H and O–H groups in total. The highest BCUT2D eigenvalue weighted by molar-refractivity contribution is 6.36. The van der Waals surface area contributed by atoms with E-state index in [1.165, 1.54) is 82.2 Å². The SMILES string of the molecule is CC1(C)c2ccccc2-c2ccc(N(c3cccc(-c4cccc5c6ccc7oc8ccccc8c7c6c6ccccc6c45)c3)c3ccccc3-c3ccccc3)cc21. The summed E-state index contributed by atoms with van der Waals surface area (Å²) in [5.74, 6) is 0. The van der Waals surface area contributed by atoms with Gasteiger partial charge in [-0.2, -0.15) is 0 Å². The van der Waals surface area contributed by atoms with Crippen LogP contribution >= 0.6 is 0 Å². The van der Waals surface area contributed by atoms with Crippen molar-refractivity contribution in [2.45, 2.75) is 19.3 Å². The first-order valence-corrected chi connectivity index (χ1v) is 20.5. The average Bonchev–Trinajstić information content (AvgIpc) is 3.78. The molecular weight excluding hydrogens is 715 g/mol. The summed E-state index contributed by atoms with van der Waals surface area (Å²) in [6, 6.07) is 73.2. The van der Waals surface area contributed by atoms with Crippen molar-refractivity contribution in [1.82, 2.24) is 0 Å². The molecule has 278 valence electrons. The van der Waals surface area contributed by atoms with Crippen LogP contribution in [0.5, 0.6) is 0 Å². The number of hydrogen-bond acceptors (Lipinski definition) is 2. The van der Waals surface area contributed by atoms with Crippen molar-refractivity contribution in [2.24, 2.45) is 0 Å². The van der Waals surface area contributed by atoms with Crippen molar-refractivity contribution < 1.29 is 4.42 Å². The summed E-state index contributed by atoms with van der Waals surface area (Å²) < 4.78 is 6.41. The van der Waals surface area contributed by atoms with E-state index >= 15 is 0 Å². The Morgan fingerprint density at radius 1 is 0.356 bits per heavy atom. The number of benzene rings is 10. The van der Waals surface area contributed by atoms with E-state index in [0.717, 1.165) is 33.6 Å². The highest BCUT2D eigenvalue weighted by Gasteiger charge is 2.36. The van der Waals surface area contributed by atoms with E-state index in [1.807, 2.05) is 6.07 Å². The number of para-hydroxylation sites is 2. The molecule has 1 aromatic heterocycles. The molecule has 10 aromatic carbocycles. The molecule has 1 aliphatic rings. The van der Waals surface area contributed by atoms with Crippen LogP contribution in [-0.2, 0) is 5.41 Å². The number of hydrogen-bond donors (Lipinski definition) is 0. The summed E-state index contributed by atoms with van der Waals surface area (Å²) >= 11 is 0. The third-order valence-corrected chi connectivity index (χ3v) is 12.8. The molecule has 2 heteroatoms. The van der Waals surface area contributed by atoms with Crippen molar-refractivity contribution in [2.75, 3.05) is 4.90 Å². The Kier molecular flexibility index (Phi) is 7.31. The van der Waals surface area contributed by atoms with Gasteiger partial charge in [0.15, 0.2) is 0 Å². The third kappa shape index (κ3) is 5.00. The minimum absolute atomic E-state index is 0.129. The Bertz CT molecular complexity index is 3450. The maximum Gasteiger partial charge on any atom is 0.136 e. The molecule has 0 aliphatic heterocycles. The van der Waals surface area contributed by atoms with Crippen LogP contribution < -0.4 is 4.90 Å². The highest BCUT2D eigenvalue weighted by Crippen LogP contribution is 2.52. The molecule has 0 saturated carbocycles. The first-order valence-electron chi connectivity index (χ1n) is 20.5. The van der Waals surface area contributed by atoms with Gasteiger partial charge < -0.3 is 9.32 Å². The van der Waals surface area contributed by atoms with Crippen LogP contribution in [-0.4, -0.2) is 0 Å². The summed E-state index contributed by atoms with van der Waals surface area (Å²) in [5.41, 5.74) is 15.2. The van der Waals surface area contributed by atoms with Gasteiger partial charge in [0.05, 0.1) is 5.69 Å². The lowest BCUT2D eigenvalue weighted by molar-refractivity contribution is 0.660. The molecule has 2 nitrogen and oxygen atoms in total. The van der Waals surface area contributed by atoms with E-state index in [1.54, 1.807) is 0 Å². The third-order valence-electron chi connectivity index (χ3n) is 12.8. The number of furan rings is 1. The normalized spacial score (nSPS) is 13.1. The van der Waals surface area contributed by atoms with Crippen LogP contribution in [0.25, 0.3) is 87.6 Å². The fraction of sp³-hybridized carbons (Fsp3) is 0.0526. The first kappa shape index (κ1) is 33.7. The van der Waals surface area contributed by atoms with Gasteiger partial charge >= 0.3 is 0 Å². The van der Waals surface area contributed by atoms with Gasteiger partial charge in [0.25, 0.3) is 0 Å². The second-order valence-electron chi connectivity index (χ2n) is 16.4. The molecular formula is C57H39NO. The molecule has 12 rings (SSSR count). The molecule has 11 aromatic rings. The monoisotopic (exact) mass is 753 g/mol. The van der Waals surface area contributed by atoms with E-state index in [-0.39, 0.29) is 5.41 Å². The van der Waals surface area contributed by atoms with Crippen LogP contribution in [0, 0.1) is 0 Å². The largest absolute Gasteiger partial charge is 0.456 e. The summed E-state index contributed by atoms with van der Waals surface area (Å²) in [5, 5.41) is 9.76. The van der Waals surface area contributed by atoms with Gasteiger partial charge in [0.2, 0.25) is 0 Å². The Balaban J connectivity index is 1.10. The summed E-state index contributed by atoms with van der Waals surface area (Å²) in [7, 11) is 0. The van der Waals surface area contributed by atoms with Gasteiger partial charge in [-0.3, -0.25) is 0 Å². The molecule has 0 saturated heterocycles. The quantitative estimate of drug-likeness (QED) is 0.163. The Labute approximate surface area is 343 Å². The topological polar surface area (TPSA) is 16.4 Å². The molecule has 0 amide bonds. The number of anilines is 3. The molecule has 0 unspecified atom stereocenters. The molecule has 59 heavy (non-hydrogen) atoms. The fourth-order valence-corrected chi connectivity index (χ4v) is 10.1. The summed E-state index contributed by atoms with van der Waals surface area (Å²) in [6.45, 7) is 4.72. The van der Waals surface area contributed by atoms with E-state index in [0.29, 0.717) is 0 Å². The van der Waals surface area contributed by atoms with Gasteiger partial charge in [-0.1, -0.05) is 166 Å². The van der Waals surface area contributed by atoms with Crippen LogP contribution in [0.1, 0.15) is 25.0 Å². The smallest absolute Gasteiger partial charge is 0.136 e. The number of fused-ring (bicyclic) bond motifs is 13. The lowest BCUT2D eigenvalue weighted by Gasteiger charge is -2.30. The van der Waals surface area contributed by atoms with E-state index < -0.39 is 0 Å². The molecule has 1 heterocycles. The van der Waals surface area contributed by atoms with E-state index in [2.05, 4.69) is 213 Å². The lowest BCUT2D eigenvalue weighted by Crippen LogP contribution is -2.17. The zero-order valence-corrected chi connectivity index (χ0v) is 32.9. The van der Waals surface area contributed by atoms with E-state index in [9.17, 15) is 0 Å². The van der Waals surface area contributed by atoms with Gasteiger partial charge in [-0.25, -0.2) is 0 Å². The van der Waals surface area contributed by atoms with Gasteiger partial charge in [0.1, 0.15) is 11.2 Å². The summed E-state index contributed by atoms with van der Waals surface area (Å²) in [6.07, 6.45) is 0. The predicted molar refractivity (Wildman–Crippen MR) is 249 cm³/mol. The predicted octanol–water partition coefficient (Wildman–Crippen LogP) is 16.2. The second kappa shape index (κ2) is 12.8. The Morgan fingerprint density at radius 2 is 0.949 bits per heavy atom. The van der Waals surface area contributed by atoms with Crippen LogP contribution in [0.4, 0.5) is 17.1 Å². The molecule has 0 fully saturated rings. The molecule has 0 bridgehead atoms. The van der Waals surface area contributed by atoms with Crippen molar-refractivity contribution >= 4 is 71.3 Å². The summed E-state index contributed by atoms with van der Waals surface area (Å²) in [4.78, 5) is 2.46.